The summed E-state index contributed by atoms with van der Waals surface area (Å²) < 4.78 is 14.6. The molecule has 1 amide bonds. The summed E-state index contributed by atoms with van der Waals surface area (Å²) >= 11 is 4.77. The van der Waals surface area contributed by atoms with E-state index in [1.165, 1.54) is 23.5 Å². The van der Waals surface area contributed by atoms with E-state index in [9.17, 15) is 9.18 Å². The molecule has 3 rings (SSSR count). The van der Waals surface area contributed by atoms with Gasteiger partial charge in [-0.1, -0.05) is 0 Å². The number of carbonyl (C=O) groups is 1. The van der Waals surface area contributed by atoms with Crippen molar-refractivity contribution in [2.24, 2.45) is 0 Å². The molecule has 1 aromatic carbocycles. The van der Waals surface area contributed by atoms with Crippen LogP contribution in [0.4, 0.5) is 10.1 Å². The molecule has 0 spiro atoms. The summed E-state index contributed by atoms with van der Waals surface area (Å²) in [5.74, 6) is -0.436. The lowest BCUT2D eigenvalue weighted by Crippen LogP contribution is -2.45. The van der Waals surface area contributed by atoms with Crippen LogP contribution >= 0.6 is 27.3 Å². The van der Waals surface area contributed by atoms with Crippen LogP contribution in [-0.2, 0) is 0 Å². The zero-order chi connectivity index (χ0) is 18.0. The Morgan fingerprint density at radius 1 is 1.28 bits per heavy atom. The summed E-state index contributed by atoms with van der Waals surface area (Å²) in [7, 11) is 2.10. The first-order valence-corrected chi connectivity index (χ1v) is 9.90. The van der Waals surface area contributed by atoms with Gasteiger partial charge in [0.25, 0.3) is 5.91 Å². The van der Waals surface area contributed by atoms with Crippen LogP contribution in [0.5, 0.6) is 0 Å². The SMILES string of the molecule is CC(NC(=O)c1sccc1Br)c1cc(F)ccc1N1CCN(C)CC1. The summed E-state index contributed by atoms with van der Waals surface area (Å²) in [4.78, 5) is 17.6. The van der Waals surface area contributed by atoms with Crippen LogP contribution in [0.3, 0.4) is 0 Å². The molecule has 1 aliphatic rings. The normalized spacial score (nSPS) is 16.7. The van der Waals surface area contributed by atoms with Crippen LogP contribution in [-0.4, -0.2) is 44.0 Å². The van der Waals surface area contributed by atoms with Crippen molar-refractivity contribution in [3.05, 3.63) is 50.4 Å². The third-order valence-corrected chi connectivity index (χ3v) is 6.31. The molecule has 25 heavy (non-hydrogen) atoms. The number of amides is 1. The number of thiophene rings is 1. The zero-order valence-electron chi connectivity index (χ0n) is 14.3. The lowest BCUT2D eigenvalue weighted by Gasteiger charge is -2.36. The number of nitrogens with one attached hydrogen (secondary N) is 1. The molecule has 4 nitrogen and oxygen atoms in total. The van der Waals surface area contributed by atoms with Crippen LogP contribution in [0.25, 0.3) is 0 Å². The molecule has 2 aromatic rings. The molecule has 1 fully saturated rings. The van der Waals surface area contributed by atoms with E-state index in [-0.39, 0.29) is 17.8 Å². The summed E-state index contributed by atoms with van der Waals surface area (Å²) in [6, 6.07) is 6.40. The van der Waals surface area contributed by atoms with Gasteiger partial charge in [-0.15, -0.1) is 11.3 Å². The van der Waals surface area contributed by atoms with Crippen LogP contribution in [0, 0.1) is 5.82 Å². The van der Waals surface area contributed by atoms with Gasteiger partial charge in [0, 0.05) is 41.9 Å². The molecule has 0 aliphatic carbocycles. The van der Waals surface area contributed by atoms with Crippen LogP contribution in [0.1, 0.15) is 28.2 Å². The number of nitrogens with zero attached hydrogens (tertiary/aromatic N) is 2. The standard InChI is InChI=1S/C18H21BrFN3OS/c1-12(21-18(24)17-15(19)5-10-25-17)14-11-13(20)3-4-16(14)23-8-6-22(2)7-9-23/h3-5,10-12H,6-9H2,1-2H3,(H,21,24). The van der Waals surface area contributed by atoms with E-state index in [1.54, 1.807) is 0 Å². The van der Waals surface area contributed by atoms with E-state index < -0.39 is 0 Å². The molecule has 0 bridgehead atoms. The Labute approximate surface area is 159 Å². The second-order valence-electron chi connectivity index (χ2n) is 6.29. The van der Waals surface area contributed by atoms with Gasteiger partial charge < -0.3 is 15.1 Å². The fourth-order valence-electron chi connectivity index (χ4n) is 3.00. The largest absolute Gasteiger partial charge is 0.369 e. The van der Waals surface area contributed by atoms with E-state index in [4.69, 9.17) is 0 Å². The maximum Gasteiger partial charge on any atom is 0.262 e. The topological polar surface area (TPSA) is 35.6 Å². The van der Waals surface area contributed by atoms with E-state index in [0.717, 1.165) is 41.9 Å². The van der Waals surface area contributed by atoms with Crippen molar-refractivity contribution in [1.82, 2.24) is 10.2 Å². The van der Waals surface area contributed by atoms with Crippen LogP contribution < -0.4 is 10.2 Å². The molecule has 1 N–H and O–H groups in total. The monoisotopic (exact) mass is 425 g/mol. The van der Waals surface area contributed by atoms with Gasteiger partial charge in [-0.25, -0.2) is 4.39 Å². The lowest BCUT2D eigenvalue weighted by atomic mass is 10.0. The minimum Gasteiger partial charge on any atom is -0.369 e. The number of likely N-dealkylation sites (N-methyl/N-ethyl adjacent to an activating group) is 1. The molecule has 1 unspecified atom stereocenters. The molecule has 134 valence electrons. The maximum atomic E-state index is 13.9. The maximum absolute atomic E-state index is 13.9. The third kappa shape index (κ3) is 4.22. The number of halogens is 2. The van der Waals surface area contributed by atoms with Gasteiger partial charge in [0.2, 0.25) is 0 Å². The van der Waals surface area contributed by atoms with Gasteiger partial charge >= 0.3 is 0 Å². The Bertz CT molecular complexity index is 759. The average molecular weight is 426 g/mol. The van der Waals surface area contributed by atoms with Crippen molar-refractivity contribution in [3.8, 4) is 0 Å². The summed E-state index contributed by atoms with van der Waals surface area (Å²) in [6.45, 7) is 5.63. The smallest absolute Gasteiger partial charge is 0.262 e. The van der Waals surface area contributed by atoms with E-state index in [2.05, 4.69) is 38.1 Å². The minimum atomic E-state index is -0.286. The van der Waals surface area contributed by atoms with Gasteiger partial charge in [-0.3, -0.25) is 4.79 Å². The number of hydrogen-bond acceptors (Lipinski definition) is 4. The first-order chi connectivity index (χ1) is 12.0. The molecule has 1 aliphatic heterocycles. The minimum absolute atomic E-state index is 0.150. The summed E-state index contributed by atoms with van der Waals surface area (Å²) in [6.07, 6.45) is 0. The van der Waals surface area contributed by atoms with Crippen molar-refractivity contribution >= 4 is 38.9 Å². The molecule has 1 atom stereocenters. The Morgan fingerprint density at radius 3 is 2.64 bits per heavy atom. The molecule has 1 saturated heterocycles. The molecular formula is C18H21BrFN3OS. The predicted molar refractivity (Wildman–Crippen MR) is 104 cm³/mol. The van der Waals surface area contributed by atoms with Crippen LogP contribution in [0.15, 0.2) is 34.1 Å². The molecule has 0 saturated carbocycles. The highest BCUT2D eigenvalue weighted by Gasteiger charge is 2.22. The van der Waals surface area contributed by atoms with Crippen LogP contribution in [0.2, 0.25) is 0 Å². The number of hydrogen-bond donors (Lipinski definition) is 1. The molecule has 2 heterocycles. The van der Waals surface area contributed by atoms with Crippen molar-refractivity contribution in [1.29, 1.82) is 0 Å². The number of benzene rings is 1. The Morgan fingerprint density at radius 2 is 2.00 bits per heavy atom. The third-order valence-electron chi connectivity index (χ3n) is 4.47. The number of carbonyl (C=O) groups excluding carboxylic acids is 1. The van der Waals surface area contributed by atoms with Gasteiger partial charge in [-0.2, -0.15) is 0 Å². The average Bonchev–Trinajstić information content (AvgIpc) is 3.02. The molecule has 7 heteroatoms. The Kier molecular flexibility index (Phi) is 5.76. The van der Waals surface area contributed by atoms with Crippen molar-refractivity contribution in [3.63, 3.8) is 0 Å². The highest BCUT2D eigenvalue weighted by molar-refractivity contribution is 9.10. The number of rotatable bonds is 4. The molecular weight excluding hydrogens is 405 g/mol. The zero-order valence-corrected chi connectivity index (χ0v) is 16.7. The van der Waals surface area contributed by atoms with Gasteiger partial charge in [0.05, 0.1) is 6.04 Å². The first kappa shape index (κ1) is 18.4. The molecule has 1 aromatic heterocycles. The summed E-state index contributed by atoms with van der Waals surface area (Å²) in [5, 5.41) is 4.86. The first-order valence-electron chi connectivity index (χ1n) is 8.22. The number of piperazine rings is 1. The fourth-order valence-corrected chi connectivity index (χ4v) is 4.46. The fraction of sp³-hybridized carbons (Fsp3) is 0.389. The van der Waals surface area contributed by atoms with E-state index in [1.807, 2.05) is 24.4 Å². The second kappa shape index (κ2) is 7.85. The highest BCUT2D eigenvalue weighted by atomic mass is 79.9. The number of anilines is 1. The Hall–Kier alpha value is -1.44. The predicted octanol–water partition coefficient (Wildman–Crippen LogP) is 3.89. The second-order valence-corrected chi connectivity index (χ2v) is 8.06. The van der Waals surface area contributed by atoms with E-state index in [0.29, 0.717) is 4.88 Å². The van der Waals surface area contributed by atoms with Gasteiger partial charge in [0.15, 0.2) is 0 Å². The summed E-state index contributed by atoms with van der Waals surface area (Å²) in [5.41, 5.74) is 1.80. The van der Waals surface area contributed by atoms with Crippen molar-refractivity contribution in [2.75, 3.05) is 38.1 Å². The molecule has 0 radical (unpaired) electrons. The van der Waals surface area contributed by atoms with Gasteiger partial charge in [-0.05, 0) is 59.5 Å². The van der Waals surface area contributed by atoms with Crippen molar-refractivity contribution < 1.29 is 9.18 Å². The van der Waals surface area contributed by atoms with Gasteiger partial charge in [0.1, 0.15) is 10.7 Å². The Balaban J connectivity index is 1.81. The lowest BCUT2D eigenvalue weighted by molar-refractivity contribution is 0.0943. The van der Waals surface area contributed by atoms with E-state index >= 15 is 0 Å². The highest BCUT2D eigenvalue weighted by Crippen LogP contribution is 2.29. The quantitative estimate of drug-likeness (QED) is 0.806. The van der Waals surface area contributed by atoms with Crippen molar-refractivity contribution in [2.45, 2.75) is 13.0 Å².